The molecule has 4 rings (SSSR count). The molecule has 0 aliphatic carbocycles. The Bertz CT molecular complexity index is 750. The molecule has 0 N–H and O–H groups in total. The topological polar surface area (TPSA) is 36.4 Å². The summed E-state index contributed by atoms with van der Waals surface area (Å²) < 4.78 is 0. The Kier molecular flexibility index (Phi) is 5.11. The molecule has 26 heavy (non-hydrogen) atoms. The van der Waals surface area contributed by atoms with Crippen LogP contribution in [0.4, 0.5) is 5.82 Å². The fourth-order valence-electron chi connectivity index (χ4n) is 4.25. The van der Waals surface area contributed by atoms with Crippen LogP contribution in [0.1, 0.15) is 24.8 Å². The van der Waals surface area contributed by atoms with Gasteiger partial charge in [-0.3, -0.25) is 4.79 Å². The minimum atomic E-state index is 0.285. The Morgan fingerprint density at radius 1 is 1.12 bits per heavy atom. The van der Waals surface area contributed by atoms with Gasteiger partial charge in [0.1, 0.15) is 5.82 Å². The number of aryl methyl sites for hydroxylation is 1. The molecule has 0 saturated carbocycles. The summed E-state index contributed by atoms with van der Waals surface area (Å²) in [6.45, 7) is 2.77. The standard InChI is InChI=1S/C21H24ClN3O/c22-18-7-8-20(23-14-18)24-12-10-17-11-13-25(19(17)15-24)21(26)9-6-16-4-2-1-3-5-16/h1-5,7-8,14,17,19H,6,9-13,15H2. The molecule has 2 aromatic rings. The van der Waals surface area contributed by atoms with Gasteiger partial charge in [0, 0.05) is 32.3 Å². The number of anilines is 1. The fraction of sp³-hybridized carbons (Fsp3) is 0.429. The van der Waals surface area contributed by atoms with E-state index in [2.05, 4.69) is 26.9 Å². The van der Waals surface area contributed by atoms with Crippen molar-refractivity contribution in [1.29, 1.82) is 0 Å². The van der Waals surface area contributed by atoms with Crippen LogP contribution in [-0.2, 0) is 11.2 Å². The number of amides is 1. The molecular formula is C21H24ClN3O. The zero-order valence-corrected chi connectivity index (χ0v) is 15.6. The Morgan fingerprint density at radius 2 is 1.92 bits per heavy atom. The molecule has 4 nitrogen and oxygen atoms in total. The Balaban J connectivity index is 1.40. The molecule has 3 heterocycles. The second-order valence-corrected chi connectivity index (χ2v) is 7.69. The second-order valence-electron chi connectivity index (χ2n) is 7.26. The van der Waals surface area contributed by atoms with Gasteiger partial charge in [0.15, 0.2) is 0 Å². The normalized spacial score (nSPS) is 22.3. The third kappa shape index (κ3) is 3.70. The Hall–Kier alpha value is -2.07. The Labute approximate surface area is 159 Å². The summed E-state index contributed by atoms with van der Waals surface area (Å²) in [5, 5.41) is 0.655. The van der Waals surface area contributed by atoms with E-state index in [9.17, 15) is 4.79 Å². The highest BCUT2D eigenvalue weighted by Crippen LogP contribution is 2.33. The van der Waals surface area contributed by atoms with Crippen molar-refractivity contribution in [2.24, 2.45) is 5.92 Å². The fourth-order valence-corrected chi connectivity index (χ4v) is 4.36. The summed E-state index contributed by atoms with van der Waals surface area (Å²) in [7, 11) is 0. The third-order valence-corrected chi connectivity index (χ3v) is 5.91. The van der Waals surface area contributed by atoms with Crippen molar-refractivity contribution in [2.75, 3.05) is 24.5 Å². The minimum Gasteiger partial charge on any atom is -0.355 e. The smallest absolute Gasteiger partial charge is 0.223 e. The third-order valence-electron chi connectivity index (χ3n) is 5.69. The van der Waals surface area contributed by atoms with Crippen molar-refractivity contribution in [3.63, 3.8) is 0 Å². The summed E-state index contributed by atoms with van der Waals surface area (Å²) in [5.74, 6) is 1.86. The van der Waals surface area contributed by atoms with Crippen molar-refractivity contribution in [3.05, 3.63) is 59.2 Å². The monoisotopic (exact) mass is 369 g/mol. The predicted octanol–water partition coefficient (Wildman–Crippen LogP) is 3.80. The van der Waals surface area contributed by atoms with E-state index in [1.165, 1.54) is 5.56 Å². The zero-order valence-electron chi connectivity index (χ0n) is 14.9. The van der Waals surface area contributed by atoms with Crippen LogP contribution >= 0.6 is 11.6 Å². The summed E-state index contributed by atoms with van der Waals surface area (Å²) in [5.41, 5.74) is 1.23. The number of halogens is 1. The van der Waals surface area contributed by atoms with Gasteiger partial charge in [-0.15, -0.1) is 0 Å². The predicted molar refractivity (Wildman–Crippen MR) is 104 cm³/mol. The number of hydrogen-bond donors (Lipinski definition) is 0. The van der Waals surface area contributed by atoms with Crippen molar-refractivity contribution in [1.82, 2.24) is 9.88 Å². The summed E-state index contributed by atoms with van der Waals surface area (Å²) in [6.07, 6.45) is 5.35. The maximum Gasteiger partial charge on any atom is 0.223 e. The van der Waals surface area contributed by atoms with Gasteiger partial charge in [0.05, 0.1) is 11.1 Å². The number of likely N-dealkylation sites (tertiary alicyclic amines) is 1. The molecule has 0 bridgehead atoms. The van der Waals surface area contributed by atoms with Crippen LogP contribution in [0.15, 0.2) is 48.7 Å². The molecule has 5 heteroatoms. The number of carbonyl (C=O) groups excluding carboxylic acids is 1. The number of aromatic nitrogens is 1. The van der Waals surface area contributed by atoms with Gasteiger partial charge < -0.3 is 9.80 Å². The average molecular weight is 370 g/mol. The molecule has 1 aromatic heterocycles. The van der Waals surface area contributed by atoms with Crippen molar-refractivity contribution in [3.8, 4) is 0 Å². The molecule has 0 radical (unpaired) electrons. The van der Waals surface area contributed by atoms with Crippen LogP contribution < -0.4 is 4.90 Å². The molecule has 2 aliphatic heterocycles. The van der Waals surface area contributed by atoms with Gasteiger partial charge in [-0.2, -0.15) is 0 Å². The maximum absolute atomic E-state index is 12.8. The summed E-state index contributed by atoms with van der Waals surface area (Å²) >= 11 is 5.96. The van der Waals surface area contributed by atoms with Crippen molar-refractivity contribution in [2.45, 2.75) is 31.7 Å². The zero-order chi connectivity index (χ0) is 17.9. The van der Waals surface area contributed by atoms with Crippen LogP contribution in [-0.4, -0.2) is 41.5 Å². The van der Waals surface area contributed by atoms with E-state index in [1.807, 2.05) is 30.3 Å². The van der Waals surface area contributed by atoms with Gasteiger partial charge >= 0.3 is 0 Å². The first-order valence-electron chi connectivity index (χ1n) is 9.40. The van der Waals surface area contributed by atoms with E-state index in [1.54, 1.807) is 6.20 Å². The number of rotatable bonds is 4. The number of carbonyl (C=O) groups is 1. The van der Waals surface area contributed by atoms with Gasteiger partial charge in [-0.05, 0) is 42.9 Å². The lowest BCUT2D eigenvalue weighted by molar-refractivity contribution is -0.132. The Morgan fingerprint density at radius 3 is 2.69 bits per heavy atom. The molecule has 2 unspecified atom stereocenters. The van der Waals surface area contributed by atoms with E-state index in [0.717, 1.165) is 44.7 Å². The molecule has 2 saturated heterocycles. The number of piperidine rings is 1. The second kappa shape index (κ2) is 7.67. The number of nitrogens with zero attached hydrogens (tertiary/aromatic N) is 3. The lowest BCUT2D eigenvalue weighted by Crippen LogP contribution is -2.50. The van der Waals surface area contributed by atoms with Crippen LogP contribution in [0.2, 0.25) is 5.02 Å². The molecule has 2 atom stereocenters. The highest BCUT2D eigenvalue weighted by atomic mass is 35.5. The van der Waals surface area contributed by atoms with E-state index in [0.29, 0.717) is 23.4 Å². The number of fused-ring (bicyclic) bond motifs is 1. The van der Waals surface area contributed by atoms with E-state index in [4.69, 9.17) is 11.6 Å². The highest BCUT2D eigenvalue weighted by Gasteiger charge is 2.40. The van der Waals surface area contributed by atoms with E-state index in [-0.39, 0.29) is 5.91 Å². The van der Waals surface area contributed by atoms with E-state index < -0.39 is 0 Å². The number of hydrogen-bond acceptors (Lipinski definition) is 3. The summed E-state index contributed by atoms with van der Waals surface area (Å²) in [6, 6.07) is 14.4. The molecule has 1 amide bonds. The highest BCUT2D eigenvalue weighted by molar-refractivity contribution is 6.30. The van der Waals surface area contributed by atoms with Crippen LogP contribution in [0, 0.1) is 5.92 Å². The SMILES string of the molecule is O=C(CCc1ccccc1)N1CCC2CCN(c3ccc(Cl)cn3)CC21. The van der Waals surface area contributed by atoms with Gasteiger partial charge in [-0.1, -0.05) is 41.9 Å². The first-order valence-corrected chi connectivity index (χ1v) is 9.78. The molecular weight excluding hydrogens is 346 g/mol. The van der Waals surface area contributed by atoms with Crippen molar-refractivity contribution < 1.29 is 4.79 Å². The molecule has 2 fully saturated rings. The summed E-state index contributed by atoms with van der Waals surface area (Å²) in [4.78, 5) is 21.7. The van der Waals surface area contributed by atoms with Gasteiger partial charge in [-0.25, -0.2) is 4.98 Å². The largest absolute Gasteiger partial charge is 0.355 e. The average Bonchev–Trinajstić information content (AvgIpc) is 3.11. The van der Waals surface area contributed by atoms with E-state index >= 15 is 0 Å². The minimum absolute atomic E-state index is 0.285. The first-order chi connectivity index (χ1) is 12.7. The van der Waals surface area contributed by atoms with Crippen LogP contribution in [0.25, 0.3) is 0 Å². The molecule has 2 aliphatic rings. The molecule has 0 spiro atoms. The lowest BCUT2D eigenvalue weighted by Gasteiger charge is -2.39. The first kappa shape index (κ1) is 17.3. The van der Waals surface area contributed by atoms with Crippen molar-refractivity contribution >= 4 is 23.3 Å². The van der Waals surface area contributed by atoms with Crippen LogP contribution in [0.5, 0.6) is 0 Å². The molecule has 1 aromatic carbocycles. The van der Waals surface area contributed by atoms with Crippen LogP contribution in [0.3, 0.4) is 0 Å². The maximum atomic E-state index is 12.8. The molecule has 136 valence electrons. The van der Waals surface area contributed by atoms with Gasteiger partial charge in [0.25, 0.3) is 0 Å². The number of pyridine rings is 1. The lowest BCUT2D eigenvalue weighted by atomic mass is 9.92. The quantitative estimate of drug-likeness (QED) is 0.822. The number of benzene rings is 1. The van der Waals surface area contributed by atoms with Gasteiger partial charge in [0.2, 0.25) is 5.91 Å².